The fourth-order valence-electron chi connectivity index (χ4n) is 2.03. The van der Waals surface area contributed by atoms with Crippen molar-refractivity contribution in [3.8, 4) is 0 Å². The van der Waals surface area contributed by atoms with Crippen LogP contribution in [0.5, 0.6) is 0 Å². The third-order valence-corrected chi connectivity index (χ3v) is 4.28. The number of aliphatic hydroxyl groups excluding tert-OH is 2. The molecule has 5 heteroatoms. The summed E-state index contributed by atoms with van der Waals surface area (Å²) in [6.45, 7) is 3.93. The summed E-state index contributed by atoms with van der Waals surface area (Å²) >= 11 is 1.76. The van der Waals surface area contributed by atoms with Crippen LogP contribution in [0.1, 0.15) is 12.5 Å². The molecule has 21 heavy (non-hydrogen) atoms. The summed E-state index contributed by atoms with van der Waals surface area (Å²) in [7, 11) is 0. The van der Waals surface area contributed by atoms with Crippen molar-refractivity contribution in [3.63, 3.8) is 0 Å². The topological polar surface area (TPSA) is 61.7 Å². The van der Waals surface area contributed by atoms with E-state index >= 15 is 0 Å². The average Bonchev–Trinajstić information content (AvgIpc) is 2.93. The van der Waals surface area contributed by atoms with Crippen LogP contribution in [0.4, 0.5) is 0 Å². The second kappa shape index (κ2) is 8.46. The molecule has 2 rings (SSSR count). The van der Waals surface area contributed by atoms with Crippen molar-refractivity contribution in [3.05, 3.63) is 35.2 Å². The van der Waals surface area contributed by atoms with Gasteiger partial charge in [0.05, 0.1) is 25.4 Å². The van der Waals surface area contributed by atoms with Gasteiger partial charge in [-0.2, -0.15) is 0 Å². The van der Waals surface area contributed by atoms with Gasteiger partial charge in [-0.1, -0.05) is 12.1 Å². The normalized spacial score (nSPS) is 14.4. The summed E-state index contributed by atoms with van der Waals surface area (Å²) in [5, 5.41) is 25.0. The monoisotopic (exact) mass is 309 g/mol. The first-order valence-electron chi connectivity index (χ1n) is 7.27. The highest BCUT2D eigenvalue weighted by Gasteiger charge is 2.09. The first kappa shape index (κ1) is 16.4. The van der Waals surface area contributed by atoms with Crippen molar-refractivity contribution >= 4 is 21.4 Å². The molecule has 2 unspecified atom stereocenters. The number of fused-ring (bicyclic) bond motifs is 1. The maximum atomic E-state index is 9.39. The highest BCUT2D eigenvalue weighted by Crippen LogP contribution is 2.21. The highest BCUT2D eigenvalue weighted by molar-refractivity contribution is 7.17. The fraction of sp³-hybridized carbons (Fsp3) is 0.500. The van der Waals surface area contributed by atoms with Crippen molar-refractivity contribution in [2.24, 2.45) is 0 Å². The van der Waals surface area contributed by atoms with E-state index in [-0.39, 0.29) is 0 Å². The second-order valence-electron chi connectivity index (χ2n) is 5.17. The van der Waals surface area contributed by atoms with Gasteiger partial charge in [-0.3, -0.25) is 0 Å². The van der Waals surface area contributed by atoms with E-state index in [2.05, 4.69) is 35.0 Å². The molecule has 1 aromatic carbocycles. The number of rotatable bonds is 9. The van der Waals surface area contributed by atoms with Crippen LogP contribution in [0.15, 0.2) is 29.6 Å². The zero-order chi connectivity index (χ0) is 15.1. The van der Waals surface area contributed by atoms with E-state index < -0.39 is 12.2 Å². The molecule has 0 spiro atoms. The maximum Gasteiger partial charge on any atom is 0.0920 e. The minimum absolute atomic E-state index is 0.385. The van der Waals surface area contributed by atoms with Crippen molar-refractivity contribution in [2.75, 3.05) is 26.3 Å². The van der Waals surface area contributed by atoms with Crippen LogP contribution >= 0.6 is 11.3 Å². The molecule has 0 radical (unpaired) electrons. The summed E-state index contributed by atoms with van der Waals surface area (Å²) in [4.78, 5) is 0. The van der Waals surface area contributed by atoms with Gasteiger partial charge >= 0.3 is 0 Å². The summed E-state index contributed by atoms with van der Waals surface area (Å²) in [5.74, 6) is 0. The van der Waals surface area contributed by atoms with Crippen LogP contribution in [0.2, 0.25) is 0 Å². The molecule has 3 N–H and O–H groups in total. The third-order valence-electron chi connectivity index (χ3n) is 3.39. The van der Waals surface area contributed by atoms with Crippen LogP contribution in [0.25, 0.3) is 10.1 Å². The Balaban J connectivity index is 1.57. The Morgan fingerprint density at radius 1 is 1.24 bits per heavy atom. The Hall–Kier alpha value is -0.980. The third kappa shape index (κ3) is 5.37. The predicted octanol–water partition coefficient (Wildman–Crippen LogP) is 1.79. The lowest BCUT2D eigenvalue weighted by Crippen LogP contribution is -2.36. The van der Waals surface area contributed by atoms with E-state index in [0.29, 0.717) is 26.3 Å². The molecule has 0 bridgehead atoms. The number of hydrogen-bond donors (Lipinski definition) is 3. The molecule has 0 saturated heterocycles. The molecule has 0 amide bonds. The molecule has 116 valence electrons. The second-order valence-corrected chi connectivity index (χ2v) is 6.11. The molecule has 0 fully saturated rings. The van der Waals surface area contributed by atoms with Crippen molar-refractivity contribution in [2.45, 2.75) is 25.6 Å². The predicted molar refractivity (Wildman–Crippen MR) is 86.9 cm³/mol. The van der Waals surface area contributed by atoms with Crippen LogP contribution in [0, 0.1) is 0 Å². The van der Waals surface area contributed by atoms with Crippen LogP contribution in [-0.2, 0) is 11.2 Å². The van der Waals surface area contributed by atoms with Crippen LogP contribution in [-0.4, -0.2) is 48.7 Å². The van der Waals surface area contributed by atoms with Gasteiger partial charge in [0.1, 0.15) is 0 Å². The van der Waals surface area contributed by atoms with Gasteiger partial charge in [0.15, 0.2) is 0 Å². The van der Waals surface area contributed by atoms with Gasteiger partial charge in [0.25, 0.3) is 0 Å². The Kier molecular flexibility index (Phi) is 6.60. The number of aliphatic hydroxyl groups is 2. The Morgan fingerprint density at radius 3 is 2.90 bits per heavy atom. The lowest BCUT2D eigenvalue weighted by Gasteiger charge is -2.14. The number of thiophene rings is 1. The summed E-state index contributed by atoms with van der Waals surface area (Å²) in [5.41, 5.74) is 1.29. The summed E-state index contributed by atoms with van der Waals surface area (Å²) in [6, 6.07) is 8.67. The quantitative estimate of drug-likeness (QED) is 0.618. The Bertz CT molecular complexity index is 541. The molecule has 2 aromatic rings. The van der Waals surface area contributed by atoms with E-state index in [9.17, 15) is 5.11 Å². The lowest BCUT2D eigenvalue weighted by molar-refractivity contribution is 0.0305. The van der Waals surface area contributed by atoms with Gasteiger partial charge in [-0.25, -0.2) is 0 Å². The molecule has 0 aliphatic carbocycles. The van der Waals surface area contributed by atoms with Gasteiger partial charge in [-0.15, -0.1) is 11.3 Å². The summed E-state index contributed by atoms with van der Waals surface area (Å²) in [6.07, 6.45) is -0.519. The molecule has 0 aliphatic rings. The molecule has 2 atom stereocenters. The number of benzene rings is 1. The van der Waals surface area contributed by atoms with Gasteiger partial charge < -0.3 is 20.3 Å². The average molecular weight is 309 g/mol. The lowest BCUT2D eigenvalue weighted by atomic mass is 10.1. The van der Waals surface area contributed by atoms with Crippen molar-refractivity contribution in [1.82, 2.24) is 5.32 Å². The minimum Gasteiger partial charge on any atom is -0.391 e. The van der Waals surface area contributed by atoms with E-state index in [1.807, 2.05) is 0 Å². The Morgan fingerprint density at radius 2 is 2.10 bits per heavy atom. The largest absolute Gasteiger partial charge is 0.391 e. The van der Waals surface area contributed by atoms with E-state index in [1.54, 1.807) is 18.3 Å². The fourth-order valence-corrected chi connectivity index (χ4v) is 2.80. The van der Waals surface area contributed by atoms with Crippen LogP contribution in [0.3, 0.4) is 0 Å². The number of nitrogens with one attached hydrogen (secondary N) is 1. The SMILES string of the molecule is CC(O)C(O)CNCCOCCc1ccc2sccc2c1. The molecular weight excluding hydrogens is 286 g/mol. The minimum atomic E-state index is -0.720. The van der Waals surface area contributed by atoms with E-state index in [1.165, 1.54) is 15.6 Å². The summed E-state index contributed by atoms with van der Waals surface area (Å²) < 4.78 is 6.89. The van der Waals surface area contributed by atoms with Gasteiger partial charge in [0.2, 0.25) is 0 Å². The Labute approximate surface area is 129 Å². The molecule has 0 aliphatic heterocycles. The standard InChI is InChI=1S/C16H23NO3S/c1-12(18)15(19)11-17-6-8-20-7-4-13-2-3-16-14(10-13)5-9-21-16/h2-3,5,9-10,12,15,17-19H,4,6-8,11H2,1H3. The number of hydrogen-bond acceptors (Lipinski definition) is 5. The smallest absolute Gasteiger partial charge is 0.0920 e. The molecule has 0 saturated carbocycles. The van der Waals surface area contributed by atoms with E-state index in [4.69, 9.17) is 9.84 Å². The zero-order valence-electron chi connectivity index (χ0n) is 12.3. The first-order chi connectivity index (χ1) is 10.2. The maximum absolute atomic E-state index is 9.39. The molecule has 4 nitrogen and oxygen atoms in total. The van der Waals surface area contributed by atoms with Crippen molar-refractivity contribution in [1.29, 1.82) is 0 Å². The van der Waals surface area contributed by atoms with Gasteiger partial charge in [-0.05, 0) is 41.8 Å². The highest BCUT2D eigenvalue weighted by atomic mass is 32.1. The molecular formula is C16H23NO3S. The van der Waals surface area contributed by atoms with E-state index in [0.717, 1.165) is 6.42 Å². The molecule has 1 heterocycles. The first-order valence-corrected chi connectivity index (χ1v) is 8.15. The van der Waals surface area contributed by atoms with Gasteiger partial charge in [0, 0.05) is 17.8 Å². The van der Waals surface area contributed by atoms with Crippen molar-refractivity contribution < 1.29 is 14.9 Å². The molecule has 1 aromatic heterocycles. The van der Waals surface area contributed by atoms with Crippen LogP contribution < -0.4 is 5.32 Å². The number of ether oxygens (including phenoxy) is 1. The zero-order valence-corrected chi connectivity index (χ0v) is 13.1.